The van der Waals surface area contributed by atoms with Crippen molar-refractivity contribution in [3.05, 3.63) is 46.8 Å². The molecule has 3 rings (SSSR count). The van der Waals surface area contributed by atoms with Gasteiger partial charge in [0.05, 0.1) is 12.9 Å². The molecule has 0 spiro atoms. The van der Waals surface area contributed by atoms with Crippen molar-refractivity contribution in [3.63, 3.8) is 0 Å². The molecule has 0 N–H and O–H groups in total. The van der Waals surface area contributed by atoms with Crippen LogP contribution in [0.5, 0.6) is 0 Å². The molecule has 3 heterocycles. The third-order valence-electron chi connectivity index (χ3n) is 9.36. The van der Waals surface area contributed by atoms with Crippen molar-refractivity contribution in [3.8, 4) is 0 Å². The van der Waals surface area contributed by atoms with Crippen molar-refractivity contribution < 1.29 is 4.74 Å². The summed E-state index contributed by atoms with van der Waals surface area (Å²) in [6.45, 7) is 41.2. The molecule has 5 nitrogen and oxygen atoms in total. The molecule has 0 unspecified atom stereocenters. The number of aromatic nitrogens is 4. The van der Waals surface area contributed by atoms with Gasteiger partial charge >= 0.3 is 37.7 Å². The summed E-state index contributed by atoms with van der Waals surface area (Å²) in [7, 11) is 0. The molecular formula is C38H68CaN4O. The molecule has 1 aliphatic heterocycles. The van der Waals surface area contributed by atoms with Gasteiger partial charge in [0, 0.05) is 6.42 Å². The van der Waals surface area contributed by atoms with Gasteiger partial charge in [0.1, 0.15) is 0 Å². The zero-order valence-corrected chi connectivity index (χ0v) is 34.5. The van der Waals surface area contributed by atoms with Crippen molar-refractivity contribution in [2.75, 3.05) is 6.61 Å². The van der Waals surface area contributed by atoms with E-state index in [0.29, 0.717) is 0 Å². The molecule has 6 heteroatoms. The van der Waals surface area contributed by atoms with E-state index in [4.69, 9.17) is 24.7 Å². The van der Waals surface area contributed by atoms with E-state index < -0.39 is 0 Å². The van der Waals surface area contributed by atoms with Gasteiger partial charge in [-0.1, -0.05) is 159 Å². The van der Waals surface area contributed by atoms with E-state index >= 15 is 0 Å². The Morgan fingerprint density at radius 2 is 0.886 bits per heavy atom. The van der Waals surface area contributed by atoms with Crippen molar-refractivity contribution in [1.29, 1.82) is 0 Å². The summed E-state index contributed by atoms with van der Waals surface area (Å²) in [5.74, 6) is 1.97. The Labute approximate surface area is 303 Å². The second-order valence-corrected chi connectivity index (χ2v) is 17.0. The second kappa shape index (κ2) is 16.4. The van der Waals surface area contributed by atoms with E-state index in [1.807, 2.05) is 6.08 Å². The minimum absolute atomic E-state index is 0. The van der Waals surface area contributed by atoms with E-state index in [1.54, 1.807) is 6.26 Å². The first-order chi connectivity index (χ1) is 19.4. The molecule has 1 aliphatic rings. The molecule has 44 heavy (non-hydrogen) atoms. The molecular weight excluding hydrogens is 569 g/mol. The van der Waals surface area contributed by atoms with Gasteiger partial charge in [-0.2, -0.15) is 0 Å². The predicted molar refractivity (Wildman–Crippen MR) is 191 cm³/mol. The summed E-state index contributed by atoms with van der Waals surface area (Å²) in [5, 5.41) is 0. The van der Waals surface area contributed by atoms with E-state index in [1.165, 1.54) is 22.8 Å². The van der Waals surface area contributed by atoms with Gasteiger partial charge in [0.15, 0.2) is 0 Å². The van der Waals surface area contributed by atoms with Crippen molar-refractivity contribution in [1.82, 2.24) is 19.9 Å². The number of nitrogens with zero attached hydrogens (tertiary/aromatic N) is 4. The van der Waals surface area contributed by atoms with Gasteiger partial charge in [-0.3, -0.25) is 0 Å². The van der Waals surface area contributed by atoms with Crippen LogP contribution in [-0.4, -0.2) is 54.3 Å². The molecule has 2 aromatic heterocycles. The fourth-order valence-corrected chi connectivity index (χ4v) is 4.25. The van der Waals surface area contributed by atoms with Gasteiger partial charge in [-0.25, -0.2) is 0 Å². The van der Waals surface area contributed by atoms with E-state index in [2.05, 4.69) is 125 Å². The standard InChI is InChI=1S/2C17H31N2.C4H6O.Ca/c2*1-10-16(6,7)12-13(17(8,9)11-2)19-14(18-12)15(3,4)5;1-2-4-5-3-1;/h2*10-11H2,1-9H3;1,3H,2,4H2;/q2*-1;;+2. The Morgan fingerprint density at radius 1 is 0.568 bits per heavy atom. The normalized spacial score (nSPS) is 14.2. The molecule has 248 valence electrons. The Hall–Kier alpha value is -0.780. The smallest absolute Gasteiger partial charge is 0.501 e. The molecule has 0 aromatic carbocycles. The molecule has 0 bridgehead atoms. The monoisotopic (exact) mass is 637 g/mol. The first-order valence-corrected chi connectivity index (χ1v) is 16.8. The maximum absolute atomic E-state index is 4.93. The van der Waals surface area contributed by atoms with Gasteiger partial charge in [0.25, 0.3) is 0 Å². The van der Waals surface area contributed by atoms with Gasteiger partial charge in [-0.05, 0) is 64.2 Å². The maximum Gasteiger partial charge on any atom is 2.00 e. The molecule has 0 amide bonds. The number of ether oxygens (including phenoxy) is 1. The van der Waals surface area contributed by atoms with Crippen molar-refractivity contribution in [2.45, 2.75) is 189 Å². The van der Waals surface area contributed by atoms with E-state index in [9.17, 15) is 0 Å². The fraction of sp³-hybridized carbons (Fsp3) is 0.789. The number of hydrogen-bond donors (Lipinski definition) is 0. The molecule has 2 aromatic rings. The van der Waals surface area contributed by atoms with Crippen LogP contribution in [0.15, 0.2) is 12.3 Å². The molecule has 0 atom stereocenters. The summed E-state index contributed by atoms with van der Waals surface area (Å²) < 4.78 is 4.76. The zero-order valence-electron chi connectivity index (χ0n) is 32.3. The van der Waals surface area contributed by atoms with Crippen LogP contribution in [0, 0.1) is 0 Å². The molecule has 0 saturated carbocycles. The quantitative estimate of drug-likeness (QED) is 0.270. The van der Waals surface area contributed by atoms with Crippen LogP contribution in [-0.2, 0) is 37.2 Å². The first-order valence-electron chi connectivity index (χ1n) is 16.8. The third-order valence-corrected chi connectivity index (χ3v) is 9.36. The summed E-state index contributed by atoms with van der Waals surface area (Å²) in [5.41, 5.74) is 5.21. The van der Waals surface area contributed by atoms with Crippen LogP contribution in [0.2, 0.25) is 0 Å². The minimum Gasteiger partial charge on any atom is -0.501 e. The van der Waals surface area contributed by atoms with Gasteiger partial charge in [0.2, 0.25) is 0 Å². The Balaban J connectivity index is 0.000000709. The van der Waals surface area contributed by atoms with Crippen LogP contribution in [0.3, 0.4) is 0 Å². The molecule has 0 saturated heterocycles. The zero-order chi connectivity index (χ0) is 33.7. The summed E-state index contributed by atoms with van der Waals surface area (Å²) >= 11 is 0. The van der Waals surface area contributed by atoms with Crippen molar-refractivity contribution >= 4 is 37.7 Å². The second-order valence-electron chi connectivity index (χ2n) is 17.0. The molecule has 0 aliphatic carbocycles. The topological polar surface area (TPSA) is 63.2 Å². The van der Waals surface area contributed by atoms with Crippen LogP contribution in [0.4, 0.5) is 0 Å². The Bertz CT molecular complexity index is 1010. The number of rotatable bonds is 8. The van der Waals surface area contributed by atoms with Gasteiger partial charge in [-0.15, -0.1) is 0 Å². The largest absolute Gasteiger partial charge is 2.00 e. The van der Waals surface area contributed by atoms with Crippen molar-refractivity contribution in [2.24, 2.45) is 0 Å². The SMILES string of the molecule is C1=COCC1.CCC(C)(C)c1nc(C(C)(C)C)[n-]c1C(C)(C)CC.CCC(C)(C)c1nc(C(C)(C)C)[n-]c1C(C)(C)CC.[Ca+2]. The summed E-state index contributed by atoms with van der Waals surface area (Å²) in [4.78, 5) is 19.7. The fourth-order valence-electron chi connectivity index (χ4n) is 4.25. The Kier molecular flexibility index (Phi) is 16.1. The number of imidazole rings is 2. The third kappa shape index (κ3) is 11.5. The van der Waals surface area contributed by atoms with Crippen LogP contribution in [0.25, 0.3) is 0 Å². The van der Waals surface area contributed by atoms with Crippen LogP contribution >= 0.6 is 0 Å². The Morgan fingerprint density at radius 3 is 1.07 bits per heavy atom. The van der Waals surface area contributed by atoms with Crippen LogP contribution in [0.1, 0.15) is 191 Å². The molecule has 0 fully saturated rings. The predicted octanol–water partition coefficient (Wildman–Crippen LogP) is 9.96. The van der Waals surface area contributed by atoms with Crippen LogP contribution < -0.4 is 9.97 Å². The van der Waals surface area contributed by atoms with E-state index in [0.717, 1.165) is 50.4 Å². The summed E-state index contributed by atoms with van der Waals surface area (Å²) in [6.07, 6.45) is 9.19. The summed E-state index contributed by atoms with van der Waals surface area (Å²) in [6, 6.07) is 0. The van der Waals surface area contributed by atoms with Gasteiger partial charge < -0.3 is 24.7 Å². The molecule has 0 radical (unpaired) electrons. The van der Waals surface area contributed by atoms with E-state index in [-0.39, 0.29) is 70.2 Å². The number of hydrogen-bond acceptors (Lipinski definition) is 3. The minimum atomic E-state index is 0. The maximum atomic E-state index is 4.93. The first kappa shape index (κ1) is 43.2. The average Bonchev–Trinajstić information content (AvgIpc) is 3.69. The average molecular weight is 637 g/mol.